The number of aryl methyl sites for hydroxylation is 1. The Hall–Kier alpha value is -2.42. The van der Waals surface area contributed by atoms with Gasteiger partial charge in [-0.2, -0.15) is 0 Å². The van der Waals surface area contributed by atoms with Gasteiger partial charge in [0.15, 0.2) is 0 Å². The van der Waals surface area contributed by atoms with Crippen LogP contribution in [0.2, 0.25) is 0 Å². The zero-order valence-corrected chi connectivity index (χ0v) is 13.8. The van der Waals surface area contributed by atoms with Gasteiger partial charge in [0.05, 0.1) is 17.5 Å². The van der Waals surface area contributed by atoms with Gasteiger partial charge in [-0.3, -0.25) is 14.5 Å². The number of carbonyl (C=O) groups excluding carboxylic acids is 2. The number of imide groups is 1. The van der Waals surface area contributed by atoms with Crippen molar-refractivity contribution in [2.75, 3.05) is 4.90 Å². The molecule has 2 aromatic rings. The highest BCUT2D eigenvalue weighted by atomic mass is 16.2. The van der Waals surface area contributed by atoms with E-state index in [2.05, 4.69) is 12.1 Å². The molecule has 2 aliphatic rings. The van der Waals surface area contributed by atoms with Crippen LogP contribution < -0.4 is 4.90 Å². The second kappa shape index (κ2) is 5.90. The molecule has 0 radical (unpaired) electrons. The number of nitrogens with zero attached hydrogens (tertiary/aromatic N) is 1. The van der Waals surface area contributed by atoms with Gasteiger partial charge in [0.25, 0.3) is 0 Å². The van der Waals surface area contributed by atoms with Crippen LogP contribution >= 0.6 is 0 Å². The molecule has 4 rings (SSSR count). The van der Waals surface area contributed by atoms with Crippen LogP contribution in [0.15, 0.2) is 54.6 Å². The van der Waals surface area contributed by atoms with Gasteiger partial charge in [-0.25, -0.2) is 0 Å². The van der Waals surface area contributed by atoms with Gasteiger partial charge < -0.3 is 0 Å². The SMILES string of the molecule is Cc1cccc(N2C(=O)[C@@H]3CC[C@H](c4ccccc4)C[C@H]3C2=O)c1. The molecule has 1 saturated heterocycles. The number of hydrogen-bond acceptors (Lipinski definition) is 2. The largest absolute Gasteiger partial charge is 0.274 e. The predicted molar refractivity (Wildman–Crippen MR) is 93.7 cm³/mol. The van der Waals surface area contributed by atoms with Gasteiger partial charge in [0.2, 0.25) is 11.8 Å². The Bertz CT molecular complexity index is 783. The van der Waals surface area contributed by atoms with Crippen molar-refractivity contribution in [1.82, 2.24) is 0 Å². The van der Waals surface area contributed by atoms with Crippen LogP contribution in [0.4, 0.5) is 5.69 Å². The molecule has 0 aromatic heterocycles. The summed E-state index contributed by atoms with van der Waals surface area (Å²) in [5.41, 5.74) is 3.06. The first kappa shape index (κ1) is 15.1. The van der Waals surface area contributed by atoms with Crippen LogP contribution in [0.25, 0.3) is 0 Å². The molecule has 1 heterocycles. The molecule has 2 amide bonds. The Morgan fingerprint density at radius 1 is 0.875 bits per heavy atom. The summed E-state index contributed by atoms with van der Waals surface area (Å²) in [5, 5.41) is 0. The lowest BCUT2D eigenvalue weighted by Crippen LogP contribution is -2.30. The zero-order valence-electron chi connectivity index (χ0n) is 13.8. The van der Waals surface area contributed by atoms with Gasteiger partial charge in [0.1, 0.15) is 0 Å². The fraction of sp³-hybridized carbons (Fsp3) is 0.333. The molecule has 3 atom stereocenters. The van der Waals surface area contributed by atoms with Crippen LogP contribution in [-0.4, -0.2) is 11.8 Å². The molecule has 0 bridgehead atoms. The number of anilines is 1. The Morgan fingerprint density at radius 3 is 2.38 bits per heavy atom. The molecule has 1 saturated carbocycles. The molecule has 0 unspecified atom stereocenters. The van der Waals surface area contributed by atoms with E-state index in [1.165, 1.54) is 10.5 Å². The average molecular weight is 319 g/mol. The van der Waals surface area contributed by atoms with Gasteiger partial charge in [-0.15, -0.1) is 0 Å². The van der Waals surface area contributed by atoms with Crippen LogP contribution in [0.5, 0.6) is 0 Å². The molecule has 2 aromatic carbocycles. The van der Waals surface area contributed by atoms with Crippen molar-refractivity contribution in [3.05, 3.63) is 65.7 Å². The van der Waals surface area contributed by atoms with E-state index in [1.54, 1.807) is 0 Å². The van der Waals surface area contributed by atoms with E-state index >= 15 is 0 Å². The first-order valence-electron chi connectivity index (χ1n) is 8.64. The molecule has 3 nitrogen and oxygen atoms in total. The molecule has 2 fully saturated rings. The highest BCUT2D eigenvalue weighted by molar-refractivity contribution is 6.22. The van der Waals surface area contributed by atoms with Crippen molar-refractivity contribution in [2.24, 2.45) is 11.8 Å². The van der Waals surface area contributed by atoms with E-state index in [0.29, 0.717) is 5.92 Å². The summed E-state index contributed by atoms with van der Waals surface area (Å²) in [4.78, 5) is 27.2. The summed E-state index contributed by atoms with van der Waals surface area (Å²) in [5.74, 6) is 0.0370. The highest BCUT2D eigenvalue weighted by Crippen LogP contribution is 2.45. The van der Waals surface area contributed by atoms with Crippen LogP contribution in [-0.2, 0) is 9.59 Å². The first-order chi connectivity index (χ1) is 11.6. The van der Waals surface area contributed by atoms with Crippen molar-refractivity contribution < 1.29 is 9.59 Å². The molecule has 1 aliphatic heterocycles. The van der Waals surface area contributed by atoms with Gasteiger partial charge in [0, 0.05) is 0 Å². The number of rotatable bonds is 2. The summed E-state index contributed by atoms with van der Waals surface area (Å²) < 4.78 is 0. The molecular weight excluding hydrogens is 298 g/mol. The number of hydrogen-bond donors (Lipinski definition) is 0. The van der Waals surface area contributed by atoms with Crippen molar-refractivity contribution in [3.63, 3.8) is 0 Å². The van der Waals surface area contributed by atoms with E-state index in [-0.39, 0.29) is 23.7 Å². The van der Waals surface area contributed by atoms with E-state index in [4.69, 9.17) is 0 Å². The Balaban J connectivity index is 1.61. The number of benzene rings is 2. The van der Waals surface area contributed by atoms with Gasteiger partial charge in [-0.05, 0) is 55.4 Å². The summed E-state index contributed by atoms with van der Waals surface area (Å²) in [6.07, 6.45) is 2.56. The minimum atomic E-state index is -0.169. The van der Waals surface area contributed by atoms with Crippen molar-refractivity contribution in [2.45, 2.75) is 32.1 Å². The molecule has 3 heteroatoms. The lowest BCUT2D eigenvalue weighted by molar-refractivity contribution is -0.122. The summed E-state index contributed by atoms with van der Waals surface area (Å²) in [7, 11) is 0. The van der Waals surface area contributed by atoms with Crippen molar-refractivity contribution in [1.29, 1.82) is 0 Å². The topological polar surface area (TPSA) is 37.4 Å². The third-order valence-electron chi connectivity index (χ3n) is 5.46. The van der Waals surface area contributed by atoms with E-state index in [9.17, 15) is 9.59 Å². The predicted octanol–water partition coefficient (Wildman–Crippen LogP) is 4.07. The molecule has 0 N–H and O–H groups in total. The smallest absolute Gasteiger partial charge is 0.237 e. The Morgan fingerprint density at radius 2 is 1.62 bits per heavy atom. The maximum atomic E-state index is 12.9. The summed E-state index contributed by atoms with van der Waals surface area (Å²) >= 11 is 0. The summed E-state index contributed by atoms with van der Waals surface area (Å²) in [6, 6.07) is 18.0. The number of carbonyl (C=O) groups is 2. The van der Waals surface area contributed by atoms with Gasteiger partial charge in [-0.1, -0.05) is 42.5 Å². The Kier molecular flexibility index (Phi) is 3.72. The second-order valence-corrected chi connectivity index (χ2v) is 6.98. The van der Waals surface area contributed by atoms with Crippen molar-refractivity contribution >= 4 is 17.5 Å². The van der Waals surface area contributed by atoms with E-state index < -0.39 is 0 Å². The monoisotopic (exact) mass is 319 g/mol. The molecule has 1 aliphatic carbocycles. The molecule has 0 spiro atoms. The van der Waals surface area contributed by atoms with Gasteiger partial charge >= 0.3 is 0 Å². The van der Waals surface area contributed by atoms with Crippen LogP contribution in [0.1, 0.15) is 36.3 Å². The first-order valence-corrected chi connectivity index (χ1v) is 8.64. The number of amides is 2. The third-order valence-corrected chi connectivity index (χ3v) is 5.46. The minimum Gasteiger partial charge on any atom is -0.274 e. The fourth-order valence-electron chi connectivity index (χ4n) is 4.23. The van der Waals surface area contributed by atoms with Crippen LogP contribution in [0.3, 0.4) is 0 Å². The molecule has 122 valence electrons. The normalized spacial score (nSPS) is 26.5. The number of fused-ring (bicyclic) bond motifs is 1. The Labute approximate surface area is 142 Å². The average Bonchev–Trinajstić information content (AvgIpc) is 2.86. The summed E-state index contributed by atoms with van der Waals surface area (Å²) in [6.45, 7) is 1.98. The third kappa shape index (κ3) is 2.44. The fourth-order valence-corrected chi connectivity index (χ4v) is 4.23. The highest BCUT2D eigenvalue weighted by Gasteiger charge is 2.50. The van der Waals surface area contributed by atoms with E-state index in [1.807, 2.05) is 49.4 Å². The van der Waals surface area contributed by atoms with Crippen molar-refractivity contribution in [3.8, 4) is 0 Å². The second-order valence-electron chi connectivity index (χ2n) is 6.98. The van der Waals surface area contributed by atoms with E-state index in [0.717, 1.165) is 30.5 Å². The molecular formula is C21H21NO2. The minimum absolute atomic E-state index is 0.0119. The quantitative estimate of drug-likeness (QED) is 0.783. The maximum absolute atomic E-state index is 12.9. The standard InChI is InChI=1S/C21H21NO2/c1-14-6-5-9-17(12-14)22-20(23)18-11-10-16(13-19(18)21(22)24)15-7-3-2-4-8-15/h2-9,12,16,18-19H,10-11,13H2,1H3/t16-,18+,19+/m0/s1. The maximum Gasteiger partial charge on any atom is 0.237 e. The molecule has 24 heavy (non-hydrogen) atoms. The lowest BCUT2D eigenvalue weighted by atomic mass is 9.73. The van der Waals surface area contributed by atoms with Crippen LogP contribution in [0, 0.1) is 18.8 Å². The zero-order chi connectivity index (χ0) is 16.7. The lowest BCUT2D eigenvalue weighted by Gasteiger charge is -2.28.